The quantitative estimate of drug-likeness (QED) is 0.697. The maximum Gasteiger partial charge on any atom is 0.233 e. The second kappa shape index (κ2) is 3.87. The van der Waals surface area contributed by atoms with E-state index in [4.69, 9.17) is 4.74 Å². The number of piperazine rings is 1. The summed E-state index contributed by atoms with van der Waals surface area (Å²) in [6.07, 6.45) is 2.00. The van der Waals surface area contributed by atoms with Crippen LogP contribution in [0.25, 0.3) is 0 Å². The van der Waals surface area contributed by atoms with E-state index in [-0.39, 0.29) is 11.1 Å². The summed E-state index contributed by atoms with van der Waals surface area (Å²) in [4.78, 5) is 13.9. The molecule has 1 N–H and O–H groups in total. The van der Waals surface area contributed by atoms with Crippen LogP contribution in [0, 0.1) is 0 Å². The van der Waals surface area contributed by atoms with E-state index < -0.39 is 0 Å². The minimum Gasteiger partial charge on any atom is -0.375 e. The number of hydrogen-bond donors (Lipinski definition) is 1. The number of carbonyl (C=O) groups is 1. The fraction of sp³-hybridized carbons (Fsp3) is 0.917. The Bertz CT molecular complexity index is 343. The zero-order chi connectivity index (χ0) is 12.1. The van der Waals surface area contributed by atoms with Gasteiger partial charge in [-0.1, -0.05) is 0 Å². The van der Waals surface area contributed by atoms with Gasteiger partial charge in [-0.3, -0.25) is 4.79 Å². The molecule has 17 heavy (non-hydrogen) atoms. The number of fused-ring (bicyclic) bond motifs is 2. The third-order valence-electron chi connectivity index (χ3n) is 4.05. The van der Waals surface area contributed by atoms with Crippen molar-refractivity contribution in [2.75, 3.05) is 25.4 Å². The number of nitrogens with zero attached hydrogens (tertiary/aromatic N) is 1. The van der Waals surface area contributed by atoms with E-state index in [1.54, 1.807) is 11.8 Å². The van der Waals surface area contributed by atoms with Crippen LogP contribution in [0.5, 0.6) is 0 Å². The maximum atomic E-state index is 11.8. The molecule has 0 bridgehead atoms. The van der Waals surface area contributed by atoms with Crippen molar-refractivity contribution in [3.8, 4) is 0 Å². The van der Waals surface area contributed by atoms with Gasteiger partial charge in [-0.25, -0.2) is 0 Å². The Morgan fingerprint density at radius 1 is 1.53 bits per heavy atom. The van der Waals surface area contributed by atoms with Crippen LogP contribution < -0.4 is 5.32 Å². The van der Waals surface area contributed by atoms with Crippen molar-refractivity contribution >= 4 is 17.7 Å². The Morgan fingerprint density at radius 3 is 3.12 bits per heavy atom. The maximum absolute atomic E-state index is 11.8. The number of amides is 1. The lowest BCUT2D eigenvalue weighted by Gasteiger charge is -2.53. The van der Waals surface area contributed by atoms with Gasteiger partial charge in [0.2, 0.25) is 5.91 Å². The molecule has 1 amide bonds. The standard InChI is InChI=1S/C12H20N2O2S/c1-11(2)8-12(3-6-16-11)10-14(5-4-13-12)9(15)7-17-10/h10,13H,3-8H2,1-2H3/t10-,12-/m1/s1. The van der Waals surface area contributed by atoms with Crippen molar-refractivity contribution < 1.29 is 9.53 Å². The highest BCUT2D eigenvalue weighted by atomic mass is 32.2. The monoisotopic (exact) mass is 256 g/mol. The van der Waals surface area contributed by atoms with E-state index in [1.165, 1.54) is 0 Å². The van der Waals surface area contributed by atoms with Gasteiger partial charge in [-0.15, -0.1) is 11.8 Å². The van der Waals surface area contributed by atoms with Crippen molar-refractivity contribution in [2.45, 2.75) is 43.2 Å². The number of hydrogen-bond acceptors (Lipinski definition) is 4. The second-order valence-electron chi connectivity index (χ2n) is 5.87. The van der Waals surface area contributed by atoms with E-state index in [0.717, 1.165) is 32.5 Å². The zero-order valence-corrected chi connectivity index (χ0v) is 11.3. The molecule has 0 aliphatic carbocycles. The minimum absolute atomic E-state index is 0.0663. The van der Waals surface area contributed by atoms with Crippen LogP contribution in [-0.2, 0) is 9.53 Å². The molecule has 2 atom stereocenters. The highest BCUT2D eigenvalue weighted by molar-refractivity contribution is 8.01. The molecule has 0 unspecified atom stereocenters. The van der Waals surface area contributed by atoms with Crippen LogP contribution >= 0.6 is 11.8 Å². The molecule has 0 aromatic heterocycles. The Kier molecular flexibility index (Phi) is 2.69. The van der Waals surface area contributed by atoms with Gasteiger partial charge in [0.25, 0.3) is 0 Å². The van der Waals surface area contributed by atoms with Gasteiger partial charge in [0.15, 0.2) is 0 Å². The fourth-order valence-electron chi connectivity index (χ4n) is 3.44. The van der Waals surface area contributed by atoms with Crippen LogP contribution in [0.3, 0.4) is 0 Å². The van der Waals surface area contributed by atoms with E-state index in [1.807, 2.05) is 0 Å². The molecule has 3 aliphatic heterocycles. The Morgan fingerprint density at radius 2 is 2.35 bits per heavy atom. The highest BCUT2D eigenvalue weighted by Gasteiger charge is 2.53. The molecule has 0 saturated carbocycles. The summed E-state index contributed by atoms with van der Waals surface area (Å²) in [5, 5.41) is 4.00. The molecular weight excluding hydrogens is 236 g/mol. The summed E-state index contributed by atoms with van der Waals surface area (Å²) in [5.41, 5.74) is -0.0166. The topological polar surface area (TPSA) is 41.6 Å². The number of ether oxygens (including phenoxy) is 1. The number of rotatable bonds is 0. The normalized spacial score (nSPS) is 40.7. The van der Waals surface area contributed by atoms with E-state index in [9.17, 15) is 4.79 Å². The van der Waals surface area contributed by atoms with Crippen molar-refractivity contribution in [3.05, 3.63) is 0 Å². The molecule has 3 fully saturated rings. The Labute approximate surface area is 106 Å². The number of nitrogens with one attached hydrogen (secondary N) is 1. The van der Waals surface area contributed by atoms with E-state index in [2.05, 4.69) is 24.1 Å². The number of carbonyl (C=O) groups excluding carboxylic acids is 1. The molecule has 96 valence electrons. The SMILES string of the molecule is CC1(C)C[C@@]2(CCO1)NCCN1C(=O)CS[C@@H]12. The predicted octanol–water partition coefficient (Wildman–Crippen LogP) is 0.819. The summed E-state index contributed by atoms with van der Waals surface area (Å²) in [6.45, 7) is 6.86. The summed E-state index contributed by atoms with van der Waals surface area (Å²) in [5.74, 6) is 0.959. The van der Waals surface area contributed by atoms with Gasteiger partial charge in [0.05, 0.1) is 22.3 Å². The molecule has 1 spiro atoms. The Balaban J connectivity index is 1.88. The fourth-order valence-corrected chi connectivity index (χ4v) is 4.91. The lowest BCUT2D eigenvalue weighted by Crippen LogP contribution is -2.68. The summed E-state index contributed by atoms with van der Waals surface area (Å²) >= 11 is 1.80. The van der Waals surface area contributed by atoms with Crippen molar-refractivity contribution in [1.29, 1.82) is 0 Å². The molecular formula is C12H20N2O2S. The van der Waals surface area contributed by atoms with Gasteiger partial charge >= 0.3 is 0 Å². The van der Waals surface area contributed by atoms with Crippen molar-refractivity contribution in [1.82, 2.24) is 10.2 Å². The molecule has 0 aromatic rings. The zero-order valence-electron chi connectivity index (χ0n) is 10.5. The third kappa shape index (κ3) is 1.88. The van der Waals surface area contributed by atoms with Crippen LogP contribution in [0.2, 0.25) is 0 Å². The van der Waals surface area contributed by atoms with Crippen molar-refractivity contribution in [2.24, 2.45) is 0 Å². The van der Waals surface area contributed by atoms with Crippen LogP contribution in [0.15, 0.2) is 0 Å². The summed E-state index contributed by atoms with van der Waals surface area (Å²) in [6, 6.07) is 0. The largest absolute Gasteiger partial charge is 0.375 e. The lowest BCUT2D eigenvalue weighted by molar-refractivity contribution is -0.136. The van der Waals surface area contributed by atoms with Crippen LogP contribution in [0.4, 0.5) is 0 Å². The summed E-state index contributed by atoms with van der Waals surface area (Å²) < 4.78 is 5.82. The van der Waals surface area contributed by atoms with Crippen LogP contribution in [-0.4, -0.2) is 52.8 Å². The molecule has 4 nitrogen and oxygen atoms in total. The first kappa shape index (κ1) is 11.8. The minimum atomic E-state index is -0.0829. The van der Waals surface area contributed by atoms with Crippen molar-refractivity contribution in [3.63, 3.8) is 0 Å². The molecule has 0 aromatic carbocycles. The first-order valence-corrected chi connectivity index (χ1v) is 7.37. The lowest BCUT2D eigenvalue weighted by atomic mass is 9.79. The molecule has 3 saturated heterocycles. The first-order chi connectivity index (χ1) is 8.03. The predicted molar refractivity (Wildman–Crippen MR) is 68.0 cm³/mol. The van der Waals surface area contributed by atoms with Gasteiger partial charge in [-0.05, 0) is 26.7 Å². The van der Waals surface area contributed by atoms with Crippen LogP contribution in [0.1, 0.15) is 26.7 Å². The van der Waals surface area contributed by atoms with Gasteiger partial charge < -0.3 is 15.0 Å². The van der Waals surface area contributed by atoms with Gasteiger partial charge in [0, 0.05) is 19.7 Å². The molecule has 3 heterocycles. The average molecular weight is 256 g/mol. The molecule has 0 radical (unpaired) electrons. The highest BCUT2D eigenvalue weighted by Crippen LogP contribution is 2.44. The van der Waals surface area contributed by atoms with Gasteiger partial charge in [-0.2, -0.15) is 0 Å². The Hall–Kier alpha value is -0.260. The summed E-state index contributed by atoms with van der Waals surface area (Å²) in [7, 11) is 0. The van der Waals surface area contributed by atoms with E-state index in [0.29, 0.717) is 17.0 Å². The molecule has 3 aliphatic rings. The molecule has 3 rings (SSSR count). The number of thioether (sulfide) groups is 1. The third-order valence-corrected chi connectivity index (χ3v) is 5.49. The van der Waals surface area contributed by atoms with Gasteiger partial charge in [0.1, 0.15) is 0 Å². The molecule has 5 heteroatoms. The van der Waals surface area contributed by atoms with E-state index >= 15 is 0 Å². The average Bonchev–Trinajstić information content (AvgIpc) is 2.61. The first-order valence-electron chi connectivity index (χ1n) is 6.33. The smallest absolute Gasteiger partial charge is 0.233 e. The second-order valence-corrected chi connectivity index (χ2v) is 6.94.